The second-order valence-corrected chi connectivity index (χ2v) is 10.7. The van der Waals surface area contributed by atoms with E-state index in [0.29, 0.717) is 0 Å². The molecule has 0 saturated carbocycles. The predicted molar refractivity (Wildman–Crippen MR) is 143 cm³/mol. The van der Waals surface area contributed by atoms with Gasteiger partial charge in [-0.05, 0) is 52.5 Å². The van der Waals surface area contributed by atoms with Crippen LogP contribution in [0.4, 0.5) is 0 Å². The summed E-state index contributed by atoms with van der Waals surface area (Å²) in [6, 6.07) is 40.3. The van der Waals surface area contributed by atoms with Gasteiger partial charge in [-0.25, -0.2) is 0 Å². The van der Waals surface area contributed by atoms with Gasteiger partial charge in [-0.1, -0.05) is 109 Å². The molecule has 3 heteroatoms. The van der Waals surface area contributed by atoms with Crippen LogP contribution in [-0.4, -0.2) is 22.9 Å². The molecule has 0 heterocycles. The van der Waals surface area contributed by atoms with Crippen molar-refractivity contribution in [2.24, 2.45) is 0 Å². The van der Waals surface area contributed by atoms with Gasteiger partial charge in [0.2, 0.25) is 0 Å². The van der Waals surface area contributed by atoms with Gasteiger partial charge < -0.3 is 5.11 Å². The van der Waals surface area contributed by atoms with Crippen LogP contribution < -0.4 is 10.6 Å². The van der Waals surface area contributed by atoms with Crippen molar-refractivity contribution < 1.29 is 5.11 Å². The molecule has 0 bridgehead atoms. The summed E-state index contributed by atoms with van der Waals surface area (Å²) in [5.74, 6) is 0. The molecular formula is C30H28NOP. The smallest absolute Gasteiger partial charge is 0.0945 e. The van der Waals surface area contributed by atoms with Gasteiger partial charge in [-0.3, -0.25) is 4.67 Å². The lowest BCUT2D eigenvalue weighted by atomic mass is 10.0. The highest BCUT2D eigenvalue weighted by atomic mass is 31.1. The van der Waals surface area contributed by atoms with Crippen molar-refractivity contribution in [3.63, 3.8) is 0 Å². The van der Waals surface area contributed by atoms with E-state index >= 15 is 0 Å². The van der Waals surface area contributed by atoms with Crippen LogP contribution in [0.3, 0.4) is 0 Å². The van der Waals surface area contributed by atoms with E-state index < -0.39 is 14.2 Å². The molecule has 0 aromatic heterocycles. The van der Waals surface area contributed by atoms with Crippen molar-refractivity contribution in [2.45, 2.75) is 19.1 Å². The first kappa shape index (κ1) is 21.8. The normalized spacial score (nSPS) is 14.4. The van der Waals surface area contributed by atoms with E-state index in [1.165, 1.54) is 32.2 Å². The summed E-state index contributed by atoms with van der Waals surface area (Å²) >= 11 is 0. The molecule has 0 saturated heterocycles. The Morgan fingerprint density at radius 3 is 1.73 bits per heavy atom. The number of aliphatic hydroxyl groups excluding tert-OH is 1. The number of hydrogen-bond donors (Lipinski definition) is 1. The Hall–Kier alpha value is -3.03. The molecule has 2 nitrogen and oxygen atoms in total. The van der Waals surface area contributed by atoms with Crippen LogP contribution in [0.15, 0.2) is 115 Å². The molecule has 1 N–H and O–H groups in total. The van der Waals surface area contributed by atoms with Crippen LogP contribution in [0, 0.1) is 0 Å². The molecule has 3 atom stereocenters. The Bertz CT molecular complexity index is 1320. The number of benzene rings is 5. The molecule has 0 aliphatic heterocycles. The highest BCUT2D eigenvalue weighted by molar-refractivity contribution is 7.71. The summed E-state index contributed by atoms with van der Waals surface area (Å²) in [7, 11) is 1.26. The van der Waals surface area contributed by atoms with Crippen molar-refractivity contribution in [3.8, 4) is 0 Å². The third kappa shape index (κ3) is 4.18. The molecule has 0 amide bonds. The highest BCUT2D eigenvalue weighted by Crippen LogP contribution is 2.45. The molecular weight excluding hydrogens is 421 g/mol. The number of likely N-dealkylation sites (N-methyl/N-ethyl adjacent to an activating group) is 1. The molecule has 5 aromatic rings. The standard InChI is InChI=1S/C30H28NOP/c1-22(29(32)23-13-5-3-6-14-23)31(2)33(26-17-7-4-8-18-26)30-27-19-11-9-15-24(27)21-25-16-10-12-20-28(25)30/h3-22,29,32H,1-2H3/t22-,29-,33+/m1/s1. The zero-order valence-electron chi connectivity index (χ0n) is 19.0. The summed E-state index contributed by atoms with van der Waals surface area (Å²) in [6.07, 6.45) is -0.578. The van der Waals surface area contributed by atoms with Crippen LogP contribution in [0.1, 0.15) is 18.6 Å². The maximum absolute atomic E-state index is 11.3. The molecule has 164 valence electrons. The number of fused-ring (bicyclic) bond motifs is 2. The minimum atomic E-state index is -0.901. The first-order valence-corrected chi connectivity index (χ1v) is 12.7. The largest absolute Gasteiger partial charge is 0.387 e. The van der Waals surface area contributed by atoms with E-state index in [1.54, 1.807) is 0 Å². The number of hydrogen-bond acceptors (Lipinski definition) is 2. The molecule has 0 unspecified atom stereocenters. The SMILES string of the molecule is C[C@H]([C@@H](O)c1ccccc1)N(C)[P@@](c1ccccc1)c1c2ccccc2cc2ccccc12. The lowest BCUT2D eigenvalue weighted by molar-refractivity contribution is 0.111. The number of aliphatic hydroxyl groups is 1. The van der Waals surface area contributed by atoms with Crippen LogP contribution in [0.2, 0.25) is 0 Å². The lowest BCUT2D eigenvalue weighted by Gasteiger charge is -2.37. The fourth-order valence-corrected chi connectivity index (χ4v) is 7.32. The lowest BCUT2D eigenvalue weighted by Crippen LogP contribution is -2.36. The van der Waals surface area contributed by atoms with Gasteiger partial charge in [0.1, 0.15) is 0 Å². The third-order valence-corrected chi connectivity index (χ3v) is 9.15. The first-order valence-electron chi connectivity index (χ1n) is 11.4. The molecule has 5 aromatic carbocycles. The zero-order chi connectivity index (χ0) is 22.8. The van der Waals surface area contributed by atoms with Gasteiger partial charge in [0.05, 0.1) is 6.10 Å². The van der Waals surface area contributed by atoms with E-state index in [1.807, 2.05) is 30.3 Å². The van der Waals surface area contributed by atoms with Gasteiger partial charge in [0.15, 0.2) is 0 Å². The van der Waals surface area contributed by atoms with E-state index in [4.69, 9.17) is 0 Å². The average Bonchev–Trinajstić information content (AvgIpc) is 2.88. The Morgan fingerprint density at radius 2 is 1.15 bits per heavy atom. The zero-order valence-corrected chi connectivity index (χ0v) is 19.9. The number of nitrogens with zero attached hydrogens (tertiary/aromatic N) is 1. The van der Waals surface area contributed by atoms with Crippen LogP contribution in [0.25, 0.3) is 21.5 Å². The molecule has 0 aliphatic carbocycles. The van der Waals surface area contributed by atoms with Gasteiger partial charge in [0.25, 0.3) is 0 Å². The molecule has 33 heavy (non-hydrogen) atoms. The van der Waals surface area contributed by atoms with Crippen molar-refractivity contribution in [3.05, 3.63) is 121 Å². The van der Waals surface area contributed by atoms with Crippen LogP contribution in [-0.2, 0) is 0 Å². The Kier molecular flexibility index (Phi) is 6.24. The maximum Gasteiger partial charge on any atom is 0.0945 e. The van der Waals surface area contributed by atoms with Crippen molar-refractivity contribution in [2.75, 3.05) is 7.05 Å². The van der Waals surface area contributed by atoms with Gasteiger partial charge in [-0.2, -0.15) is 0 Å². The van der Waals surface area contributed by atoms with Crippen molar-refractivity contribution in [1.29, 1.82) is 0 Å². The summed E-state index contributed by atoms with van der Waals surface area (Å²) in [6.45, 7) is 2.13. The van der Waals surface area contributed by atoms with Crippen LogP contribution in [0.5, 0.6) is 0 Å². The first-order chi connectivity index (χ1) is 16.1. The van der Waals surface area contributed by atoms with E-state index in [9.17, 15) is 5.11 Å². The maximum atomic E-state index is 11.3. The summed E-state index contributed by atoms with van der Waals surface area (Å²) in [4.78, 5) is 0. The third-order valence-electron chi connectivity index (χ3n) is 6.46. The predicted octanol–water partition coefficient (Wildman–Crippen LogP) is 6.39. The molecule has 0 fully saturated rings. The van der Waals surface area contributed by atoms with Gasteiger partial charge in [-0.15, -0.1) is 0 Å². The summed E-state index contributed by atoms with van der Waals surface area (Å²) in [5, 5.41) is 19.0. The molecule has 0 spiro atoms. The summed E-state index contributed by atoms with van der Waals surface area (Å²) < 4.78 is 2.39. The Balaban J connectivity index is 1.72. The van der Waals surface area contributed by atoms with Gasteiger partial charge in [0, 0.05) is 19.4 Å². The summed E-state index contributed by atoms with van der Waals surface area (Å²) in [5.41, 5.74) is 0.947. The van der Waals surface area contributed by atoms with Crippen molar-refractivity contribution >= 4 is 40.2 Å². The van der Waals surface area contributed by atoms with Crippen LogP contribution >= 0.6 is 8.07 Å². The van der Waals surface area contributed by atoms with E-state index in [-0.39, 0.29) is 6.04 Å². The van der Waals surface area contributed by atoms with E-state index in [0.717, 1.165) is 5.56 Å². The monoisotopic (exact) mass is 449 g/mol. The molecule has 0 radical (unpaired) electrons. The topological polar surface area (TPSA) is 23.5 Å². The second kappa shape index (κ2) is 9.45. The average molecular weight is 450 g/mol. The number of rotatable bonds is 6. The van der Waals surface area contributed by atoms with Gasteiger partial charge >= 0.3 is 0 Å². The minimum Gasteiger partial charge on any atom is -0.387 e. The highest BCUT2D eigenvalue weighted by Gasteiger charge is 2.30. The second-order valence-electron chi connectivity index (χ2n) is 8.48. The fourth-order valence-electron chi connectivity index (χ4n) is 4.57. The fraction of sp³-hybridized carbons (Fsp3) is 0.133. The Morgan fingerprint density at radius 1 is 0.667 bits per heavy atom. The van der Waals surface area contributed by atoms with E-state index in [2.05, 4.69) is 104 Å². The quantitative estimate of drug-likeness (QED) is 0.240. The Labute approximate surface area is 196 Å². The molecule has 0 aliphatic rings. The molecule has 5 rings (SSSR count). The van der Waals surface area contributed by atoms with Crippen molar-refractivity contribution in [1.82, 2.24) is 4.67 Å². The minimum absolute atomic E-state index is 0.0727.